The number of hydrogen-bond acceptors (Lipinski definition) is 3. The van der Waals surface area contributed by atoms with Crippen molar-refractivity contribution in [3.05, 3.63) is 33.5 Å². The number of aryl methyl sites for hydroxylation is 2. The first-order chi connectivity index (χ1) is 8.11. The van der Waals surface area contributed by atoms with Crippen molar-refractivity contribution in [2.24, 2.45) is 0 Å². The van der Waals surface area contributed by atoms with Crippen LogP contribution in [-0.4, -0.2) is 9.78 Å². The molecule has 0 unspecified atom stereocenters. The Hall–Kier alpha value is -1.24. The van der Waals surface area contributed by atoms with E-state index < -0.39 is 0 Å². The monoisotopic (exact) mass is 343 g/mol. The van der Waals surface area contributed by atoms with Gasteiger partial charge in [-0.3, -0.25) is 0 Å². The van der Waals surface area contributed by atoms with E-state index in [-0.39, 0.29) is 0 Å². The highest BCUT2D eigenvalue weighted by atomic mass is 127. The van der Waals surface area contributed by atoms with E-state index >= 15 is 0 Å². The van der Waals surface area contributed by atoms with Crippen molar-refractivity contribution in [3.8, 4) is 11.6 Å². The largest absolute Gasteiger partial charge is 0.437 e. The van der Waals surface area contributed by atoms with Crippen LogP contribution in [-0.2, 0) is 6.54 Å². The molecule has 90 valence electrons. The highest BCUT2D eigenvalue weighted by molar-refractivity contribution is 14.1. The van der Waals surface area contributed by atoms with E-state index in [1.165, 1.54) is 3.57 Å². The molecular weight excluding hydrogens is 329 g/mol. The second kappa shape index (κ2) is 4.95. The van der Waals surface area contributed by atoms with Crippen LogP contribution >= 0.6 is 22.6 Å². The van der Waals surface area contributed by atoms with Crippen molar-refractivity contribution in [2.75, 3.05) is 5.73 Å². The van der Waals surface area contributed by atoms with Crippen molar-refractivity contribution in [1.29, 1.82) is 0 Å². The van der Waals surface area contributed by atoms with E-state index in [1.807, 2.05) is 38.1 Å². The fraction of sp³-hybridized carbons (Fsp3) is 0.250. The van der Waals surface area contributed by atoms with Crippen LogP contribution < -0.4 is 10.5 Å². The summed E-state index contributed by atoms with van der Waals surface area (Å²) in [4.78, 5) is 0. The van der Waals surface area contributed by atoms with E-state index in [9.17, 15) is 0 Å². The molecule has 2 rings (SSSR count). The number of aromatic nitrogens is 2. The molecule has 0 aliphatic carbocycles. The van der Waals surface area contributed by atoms with Crippen LogP contribution in [0.15, 0.2) is 24.3 Å². The van der Waals surface area contributed by atoms with E-state index in [4.69, 9.17) is 10.5 Å². The molecule has 0 aliphatic rings. The third-order valence-corrected chi connectivity index (χ3v) is 3.17. The number of nitrogen functional groups attached to an aromatic ring is 1. The van der Waals surface area contributed by atoms with Crippen LogP contribution in [0.5, 0.6) is 11.6 Å². The standard InChI is InChI=1S/C12H14IN3O/c1-3-16-12(11(14)8(2)15-16)17-10-6-4-9(13)5-7-10/h4-7H,3,14H2,1-2H3. The van der Waals surface area contributed by atoms with Gasteiger partial charge in [-0.05, 0) is 60.7 Å². The zero-order valence-corrected chi connectivity index (χ0v) is 11.9. The normalized spacial score (nSPS) is 10.5. The van der Waals surface area contributed by atoms with Gasteiger partial charge < -0.3 is 10.5 Å². The molecule has 17 heavy (non-hydrogen) atoms. The zero-order chi connectivity index (χ0) is 12.4. The lowest BCUT2D eigenvalue weighted by Gasteiger charge is -2.08. The van der Waals surface area contributed by atoms with Crippen molar-refractivity contribution in [2.45, 2.75) is 20.4 Å². The summed E-state index contributed by atoms with van der Waals surface area (Å²) in [7, 11) is 0. The van der Waals surface area contributed by atoms with Crippen molar-refractivity contribution < 1.29 is 4.74 Å². The second-order valence-electron chi connectivity index (χ2n) is 3.68. The molecule has 0 saturated heterocycles. The van der Waals surface area contributed by atoms with Gasteiger partial charge in [0.1, 0.15) is 11.4 Å². The summed E-state index contributed by atoms with van der Waals surface area (Å²) in [5, 5.41) is 4.31. The van der Waals surface area contributed by atoms with Crippen molar-refractivity contribution in [1.82, 2.24) is 9.78 Å². The smallest absolute Gasteiger partial charge is 0.241 e. The Morgan fingerprint density at radius 1 is 1.35 bits per heavy atom. The molecule has 0 saturated carbocycles. The number of nitrogens with two attached hydrogens (primary N) is 1. The summed E-state index contributed by atoms with van der Waals surface area (Å²) in [5.41, 5.74) is 7.35. The third kappa shape index (κ3) is 2.54. The highest BCUT2D eigenvalue weighted by Crippen LogP contribution is 2.30. The number of benzene rings is 1. The van der Waals surface area contributed by atoms with Crippen molar-refractivity contribution >= 4 is 28.3 Å². The SMILES string of the molecule is CCn1nc(C)c(N)c1Oc1ccc(I)cc1. The quantitative estimate of drug-likeness (QED) is 0.871. The molecule has 1 heterocycles. The number of hydrogen-bond donors (Lipinski definition) is 1. The molecule has 2 N–H and O–H groups in total. The summed E-state index contributed by atoms with van der Waals surface area (Å²) >= 11 is 2.25. The van der Waals surface area contributed by atoms with Gasteiger partial charge in [-0.2, -0.15) is 5.10 Å². The number of rotatable bonds is 3. The molecule has 0 amide bonds. The summed E-state index contributed by atoms with van der Waals surface area (Å²) in [6.45, 7) is 4.62. The van der Waals surface area contributed by atoms with Gasteiger partial charge in [0.05, 0.1) is 5.69 Å². The van der Waals surface area contributed by atoms with Crippen LogP contribution in [0.3, 0.4) is 0 Å². The minimum atomic E-state index is 0.602. The lowest BCUT2D eigenvalue weighted by atomic mass is 10.3. The minimum Gasteiger partial charge on any atom is -0.437 e. The molecule has 0 radical (unpaired) electrons. The highest BCUT2D eigenvalue weighted by Gasteiger charge is 2.13. The fourth-order valence-corrected chi connectivity index (χ4v) is 1.87. The maximum atomic E-state index is 5.95. The van der Waals surface area contributed by atoms with Gasteiger partial charge in [0.2, 0.25) is 5.88 Å². The van der Waals surface area contributed by atoms with Gasteiger partial charge in [-0.25, -0.2) is 4.68 Å². The first-order valence-corrected chi connectivity index (χ1v) is 6.46. The van der Waals surface area contributed by atoms with E-state index in [0.29, 0.717) is 11.6 Å². The van der Waals surface area contributed by atoms with Crippen LogP contribution in [0.25, 0.3) is 0 Å². The summed E-state index contributed by atoms with van der Waals surface area (Å²) in [6, 6.07) is 7.82. The molecule has 1 aromatic heterocycles. The topological polar surface area (TPSA) is 53.1 Å². The number of ether oxygens (including phenoxy) is 1. The second-order valence-corrected chi connectivity index (χ2v) is 4.92. The molecule has 0 fully saturated rings. The van der Waals surface area contributed by atoms with Gasteiger partial charge in [0.25, 0.3) is 0 Å². The lowest BCUT2D eigenvalue weighted by molar-refractivity contribution is 0.418. The minimum absolute atomic E-state index is 0.602. The molecule has 4 nitrogen and oxygen atoms in total. The summed E-state index contributed by atoms with van der Waals surface area (Å²) in [6.07, 6.45) is 0. The molecule has 0 aliphatic heterocycles. The molecular formula is C12H14IN3O. The fourth-order valence-electron chi connectivity index (χ4n) is 1.51. The van der Waals surface area contributed by atoms with Crippen LogP contribution in [0, 0.1) is 10.5 Å². The van der Waals surface area contributed by atoms with Crippen LogP contribution in [0.4, 0.5) is 5.69 Å². The molecule has 0 bridgehead atoms. The van der Waals surface area contributed by atoms with Gasteiger partial charge >= 0.3 is 0 Å². The lowest BCUT2D eigenvalue weighted by Crippen LogP contribution is -2.00. The Bertz CT molecular complexity index is 519. The van der Waals surface area contributed by atoms with Gasteiger partial charge in [0, 0.05) is 10.1 Å². The maximum absolute atomic E-state index is 5.95. The Labute approximate surface area is 114 Å². The Morgan fingerprint density at radius 2 is 2.00 bits per heavy atom. The molecule has 1 aromatic carbocycles. The Morgan fingerprint density at radius 3 is 2.59 bits per heavy atom. The molecule has 5 heteroatoms. The van der Waals surface area contributed by atoms with E-state index in [1.54, 1.807) is 4.68 Å². The average Bonchev–Trinajstić information content (AvgIpc) is 2.59. The number of nitrogens with zero attached hydrogens (tertiary/aromatic N) is 2. The first-order valence-electron chi connectivity index (χ1n) is 5.38. The maximum Gasteiger partial charge on any atom is 0.241 e. The van der Waals surface area contributed by atoms with Crippen LogP contribution in [0.2, 0.25) is 0 Å². The molecule has 0 spiro atoms. The predicted octanol–water partition coefficient (Wildman–Crippen LogP) is 3.19. The van der Waals surface area contributed by atoms with Gasteiger partial charge in [-0.15, -0.1) is 0 Å². The molecule has 0 atom stereocenters. The number of anilines is 1. The Kier molecular flexibility index (Phi) is 3.56. The number of halogens is 1. The first kappa shape index (κ1) is 12.2. The van der Waals surface area contributed by atoms with Gasteiger partial charge in [0.15, 0.2) is 0 Å². The van der Waals surface area contributed by atoms with E-state index in [0.717, 1.165) is 18.0 Å². The Balaban J connectivity index is 2.32. The van der Waals surface area contributed by atoms with Crippen molar-refractivity contribution in [3.63, 3.8) is 0 Å². The molecule has 2 aromatic rings. The zero-order valence-electron chi connectivity index (χ0n) is 9.77. The van der Waals surface area contributed by atoms with E-state index in [2.05, 4.69) is 27.7 Å². The average molecular weight is 343 g/mol. The van der Waals surface area contributed by atoms with Gasteiger partial charge in [-0.1, -0.05) is 0 Å². The van der Waals surface area contributed by atoms with Crippen LogP contribution in [0.1, 0.15) is 12.6 Å². The predicted molar refractivity (Wildman–Crippen MR) is 76.3 cm³/mol. The third-order valence-electron chi connectivity index (χ3n) is 2.45. The summed E-state index contributed by atoms with van der Waals surface area (Å²) < 4.78 is 8.72. The summed E-state index contributed by atoms with van der Waals surface area (Å²) in [5.74, 6) is 1.39.